The van der Waals surface area contributed by atoms with Gasteiger partial charge in [-0.05, 0) is 307 Å². The first-order valence-electron chi connectivity index (χ1n) is 43.7. The summed E-state index contributed by atoms with van der Waals surface area (Å²) < 4.78 is 0. The van der Waals surface area contributed by atoms with Crippen LogP contribution in [0.1, 0.15) is 0 Å². The molecule has 0 unspecified atom stereocenters. The second kappa shape index (κ2) is 29.3. The minimum atomic E-state index is 0.695. The van der Waals surface area contributed by atoms with Gasteiger partial charge in [0.15, 0.2) is 5.82 Å². The van der Waals surface area contributed by atoms with Gasteiger partial charge in [-0.3, -0.25) is 15.0 Å². The van der Waals surface area contributed by atoms with E-state index in [1.165, 1.54) is 192 Å². The molecule has 0 saturated carbocycles. The molecule has 0 bridgehead atoms. The standard InChI is InChI=1S/C45H27N.C41H25N.C36H20N4/c1-2-8-29-21-34(16-15-28(29)7-1)30-11-5-12-31(22-30)37-24-36-23-35(17-20-44(36)46-27-37)38-18-19-41-43-26-33-10-4-3-9-32(33)25-42(43)40-14-6-13-39(38)45(40)41;1-2-8-27-21-30(16-15-26(27)7-1)28-9-5-10-29(22-28)33-24-32-23-31(17-20-40(32)42-25-33)34-18-19-39-36-12-4-3-11-35(36)38-14-6-13-37(34)41(38)39;1-2-6-24-20-30-27-13-14-28(25-8-3-9-26(33(25)27)29(30)19-23(24)5-1)36-38-18-16-32(40-36)31-15-12-22-11-10-21-7-4-17-37-34(21)35(22)39-31/h1-27H;1-25H;1-20H. The maximum atomic E-state index is 5.03. The average molecular weight is 1620 g/mol. The monoisotopic (exact) mass is 1620 g/mol. The van der Waals surface area contributed by atoms with E-state index in [0.717, 1.165) is 77.1 Å². The summed E-state index contributed by atoms with van der Waals surface area (Å²) >= 11 is 0. The van der Waals surface area contributed by atoms with Crippen molar-refractivity contribution in [2.75, 3.05) is 0 Å². The quantitative estimate of drug-likeness (QED) is 0.141. The Bertz CT molecular complexity index is 8930. The van der Waals surface area contributed by atoms with Gasteiger partial charge >= 0.3 is 0 Å². The average Bonchev–Trinajstić information content (AvgIpc) is 1.57. The third kappa shape index (κ3) is 12.1. The van der Waals surface area contributed by atoms with Gasteiger partial charge in [0.05, 0.1) is 33.5 Å². The van der Waals surface area contributed by atoms with Crippen LogP contribution < -0.4 is 0 Å². The van der Waals surface area contributed by atoms with E-state index in [4.69, 9.17) is 24.9 Å². The van der Waals surface area contributed by atoms with Crippen LogP contribution in [-0.4, -0.2) is 29.9 Å². The molecule has 0 N–H and O–H groups in total. The zero-order valence-corrected chi connectivity index (χ0v) is 69.3. The van der Waals surface area contributed by atoms with Gasteiger partial charge in [-0.1, -0.05) is 303 Å². The molecule has 6 heteroatoms. The molecule has 20 aromatic carbocycles. The first kappa shape index (κ1) is 72.6. The largest absolute Gasteiger partial charge is 0.256 e. The SMILES string of the molecule is c1cc(-c2ccc3ccccc3c2)cc(-c2cnc3ccc(-c4ccc5c6c(cccc46)-c4cc6ccccc6cc4-5)cc3c2)c1.c1cc(-c2ccc3ccccc3c2)cc(-c2cnc3ccc(-c4ccc5c6c(cccc46)-c4ccccc4-5)cc3c2)c1.c1ccc2cc3c(cc2c1)-c1cccc2c(-c4nccc(-c5ccc6ccc7cccnc7c6n5)n4)ccc-3c12. The van der Waals surface area contributed by atoms with Crippen molar-refractivity contribution in [3.8, 4) is 156 Å². The fourth-order valence-corrected chi connectivity index (χ4v) is 20.5. The molecule has 0 spiro atoms. The Morgan fingerprint density at radius 2 is 0.484 bits per heavy atom. The van der Waals surface area contributed by atoms with Crippen LogP contribution in [0.15, 0.2) is 437 Å². The van der Waals surface area contributed by atoms with Crippen molar-refractivity contribution in [2.24, 2.45) is 0 Å². The number of hydrogen-bond donors (Lipinski definition) is 0. The molecule has 0 atom stereocenters. The first-order valence-corrected chi connectivity index (χ1v) is 43.7. The molecule has 0 aliphatic heterocycles. The molecule has 28 rings (SSSR count). The minimum absolute atomic E-state index is 0.695. The van der Waals surface area contributed by atoms with E-state index in [9.17, 15) is 0 Å². The van der Waals surface area contributed by atoms with E-state index in [-0.39, 0.29) is 0 Å². The lowest BCUT2D eigenvalue weighted by Gasteiger charge is -2.11. The second-order valence-electron chi connectivity index (χ2n) is 33.9. The van der Waals surface area contributed by atoms with Crippen LogP contribution in [0.3, 0.4) is 0 Å². The summed E-state index contributed by atoms with van der Waals surface area (Å²) in [4.78, 5) is 29.1. The molecule has 25 aromatic rings. The predicted molar refractivity (Wildman–Crippen MR) is 535 cm³/mol. The molecular weight excluding hydrogens is 1550 g/mol. The highest BCUT2D eigenvalue weighted by atomic mass is 14.9. The Morgan fingerprint density at radius 1 is 0.148 bits per heavy atom. The zero-order chi connectivity index (χ0) is 84.0. The Morgan fingerprint density at radius 3 is 0.984 bits per heavy atom. The Labute approximate surface area is 737 Å². The molecule has 6 nitrogen and oxygen atoms in total. The Hall–Kier alpha value is -17.1. The van der Waals surface area contributed by atoms with Crippen LogP contribution in [0.4, 0.5) is 0 Å². The van der Waals surface area contributed by atoms with Crippen LogP contribution >= 0.6 is 0 Å². The summed E-state index contributed by atoms with van der Waals surface area (Å²) in [5, 5.41) is 22.3. The molecule has 5 heterocycles. The minimum Gasteiger partial charge on any atom is -0.256 e. The van der Waals surface area contributed by atoms with Crippen LogP contribution in [0, 0.1) is 0 Å². The number of hydrogen-bond acceptors (Lipinski definition) is 6. The molecule has 0 saturated heterocycles. The number of aromatic nitrogens is 6. The number of pyridine rings is 4. The predicted octanol–water partition coefficient (Wildman–Crippen LogP) is 32.4. The number of fused-ring (bicyclic) bond motifs is 18. The van der Waals surface area contributed by atoms with Gasteiger partial charge in [-0.2, -0.15) is 0 Å². The molecular formula is C122H72N6. The molecule has 3 aliphatic rings. The summed E-state index contributed by atoms with van der Waals surface area (Å²) in [6.45, 7) is 0. The number of rotatable bonds is 8. The van der Waals surface area contributed by atoms with Crippen LogP contribution in [-0.2, 0) is 0 Å². The van der Waals surface area contributed by atoms with E-state index in [2.05, 4.69) is 399 Å². The maximum Gasteiger partial charge on any atom is 0.160 e. The maximum absolute atomic E-state index is 5.03. The van der Waals surface area contributed by atoms with Gasteiger partial charge < -0.3 is 0 Å². The Kier molecular flexibility index (Phi) is 16.6. The highest BCUT2D eigenvalue weighted by Gasteiger charge is 2.28. The van der Waals surface area contributed by atoms with Gasteiger partial charge in [0.1, 0.15) is 0 Å². The van der Waals surface area contributed by atoms with Gasteiger partial charge in [-0.25, -0.2) is 15.0 Å². The van der Waals surface area contributed by atoms with E-state index >= 15 is 0 Å². The van der Waals surface area contributed by atoms with Crippen LogP contribution in [0.25, 0.3) is 275 Å². The highest BCUT2D eigenvalue weighted by molar-refractivity contribution is 6.23. The number of benzene rings is 20. The highest BCUT2D eigenvalue weighted by Crippen LogP contribution is 2.54. The van der Waals surface area contributed by atoms with Gasteiger partial charge in [-0.15, -0.1) is 0 Å². The fraction of sp³-hybridized carbons (Fsp3) is 0. The van der Waals surface area contributed by atoms with E-state index < -0.39 is 0 Å². The summed E-state index contributed by atoms with van der Waals surface area (Å²) in [7, 11) is 0. The van der Waals surface area contributed by atoms with Crippen LogP contribution in [0.5, 0.6) is 0 Å². The topological polar surface area (TPSA) is 77.3 Å². The van der Waals surface area contributed by atoms with E-state index in [0.29, 0.717) is 5.82 Å². The first-order chi connectivity index (χ1) is 63.4. The molecule has 0 radical (unpaired) electrons. The summed E-state index contributed by atoms with van der Waals surface area (Å²) in [5.41, 5.74) is 36.5. The van der Waals surface area contributed by atoms with Gasteiger partial charge in [0.25, 0.3) is 0 Å². The van der Waals surface area contributed by atoms with Crippen molar-refractivity contribution in [1.29, 1.82) is 0 Å². The van der Waals surface area contributed by atoms with Gasteiger partial charge in [0, 0.05) is 63.0 Å². The van der Waals surface area contributed by atoms with Crippen molar-refractivity contribution in [3.63, 3.8) is 0 Å². The van der Waals surface area contributed by atoms with E-state index in [1.54, 1.807) is 0 Å². The normalized spacial score (nSPS) is 11.9. The lowest BCUT2D eigenvalue weighted by atomic mass is 9.93. The molecule has 3 aliphatic carbocycles. The third-order valence-corrected chi connectivity index (χ3v) is 26.7. The molecule has 5 aromatic heterocycles. The smallest absolute Gasteiger partial charge is 0.160 e. The fourth-order valence-electron chi connectivity index (χ4n) is 20.5. The summed E-state index contributed by atoms with van der Waals surface area (Å²) in [6, 6.07) is 149. The van der Waals surface area contributed by atoms with Crippen molar-refractivity contribution >= 4 is 119 Å². The third-order valence-electron chi connectivity index (χ3n) is 26.7. The zero-order valence-electron chi connectivity index (χ0n) is 69.3. The summed E-state index contributed by atoms with van der Waals surface area (Å²) in [6.07, 6.45) is 7.64. The van der Waals surface area contributed by atoms with Crippen molar-refractivity contribution in [3.05, 3.63) is 437 Å². The van der Waals surface area contributed by atoms with Crippen molar-refractivity contribution in [2.45, 2.75) is 0 Å². The second-order valence-corrected chi connectivity index (χ2v) is 33.9. The van der Waals surface area contributed by atoms with E-state index in [1.807, 2.05) is 43.0 Å². The molecule has 0 amide bonds. The van der Waals surface area contributed by atoms with Crippen LogP contribution in [0.2, 0.25) is 0 Å². The van der Waals surface area contributed by atoms with Crippen molar-refractivity contribution < 1.29 is 0 Å². The van der Waals surface area contributed by atoms with Gasteiger partial charge in [0.2, 0.25) is 0 Å². The molecule has 590 valence electrons. The summed E-state index contributed by atoms with van der Waals surface area (Å²) in [5.74, 6) is 0.695. The Balaban J connectivity index is 0.000000102. The molecule has 0 fully saturated rings. The van der Waals surface area contributed by atoms with Crippen molar-refractivity contribution in [1.82, 2.24) is 29.9 Å². The number of nitrogens with zero attached hydrogens (tertiary/aromatic N) is 6. The lowest BCUT2D eigenvalue weighted by molar-refractivity contribution is 1.17. The lowest BCUT2D eigenvalue weighted by Crippen LogP contribution is -1.95. The molecule has 128 heavy (non-hydrogen) atoms.